The number of aliphatic hydroxyl groups excluding tert-OH is 1. The van der Waals surface area contributed by atoms with Crippen LogP contribution in [0.1, 0.15) is 12.8 Å². The Morgan fingerprint density at radius 2 is 1.74 bits per heavy atom. The Hall–Kier alpha value is -2.38. The molecule has 4 aromatic rings. The predicted molar refractivity (Wildman–Crippen MR) is 125 cm³/mol. The summed E-state index contributed by atoms with van der Waals surface area (Å²) in [7, 11) is 0. The molecule has 1 fully saturated rings. The van der Waals surface area contributed by atoms with E-state index in [9.17, 15) is 5.11 Å². The van der Waals surface area contributed by atoms with Crippen LogP contribution in [0.2, 0.25) is 5.02 Å². The Morgan fingerprint density at radius 1 is 1.00 bits per heavy atom. The maximum Gasteiger partial charge on any atom is 0.179 e. The maximum atomic E-state index is 9.21. The zero-order chi connectivity index (χ0) is 21.2. The van der Waals surface area contributed by atoms with Gasteiger partial charge in [0.1, 0.15) is 0 Å². The molecule has 0 amide bonds. The number of halogens is 1. The molecule has 31 heavy (non-hydrogen) atoms. The van der Waals surface area contributed by atoms with Gasteiger partial charge in [-0.1, -0.05) is 78.0 Å². The quantitative estimate of drug-likeness (QED) is 0.414. The standard InChI is InChI=1S/C24H22ClN3O2S/c25-20-12-21-23(28-24(26-21)31-19-11-10-18(13-29)30-14-19)27-22(20)17-8-6-16(7-9-17)15-4-2-1-3-5-15/h1-9,12,18-19,29H,10-11,13-14H2,(H,26,27,28). The highest BCUT2D eigenvalue weighted by molar-refractivity contribution is 7.99. The largest absolute Gasteiger partial charge is 0.394 e. The molecule has 0 saturated carbocycles. The highest BCUT2D eigenvalue weighted by Gasteiger charge is 2.23. The first-order chi connectivity index (χ1) is 15.2. The highest BCUT2D eigenvalue weighted by Crippen LogP contribution is 2.33. The first-order valence-electron chi connectivity index (χ1n) is 10.3. The average molecular weight is 452 g/mol. The molecule has 2 aromatic heterocycles. The van der Waals surface area contributed by atoms with Crippen molar-refractivity contribution in [3.8, 4) is 22.4 Å². The topological polar surface area (TPSA) is 71.0 Å². The molecule has 2 unspecified atom stereocenters. The molecule has 5 nitrogen and oxygen atoms in total. The van der Waals surface area contributed by atoms with Crippen LogP contribution in [0.15, 0.2) is 65.8 Å². The van der Waals surface area contributed by atoms with Crippen molar-refractivity contribution in [2.45, 2.75) is 29.4 Å². The van der Waals surface area contributed by atoms with Crippen LogP contribution in [-0.2, 0) is 4.74 Å². The fourth-order valence-corrected chi connectivity index (χ4v) is 5.07. The van der Waals surface area contributed by atoms with Crippen LogP contribution in [0.5, 0.6) is 0 Å². The minimum absolute atomic E-state index is 0.0381. The van der Waals surface area contributed by atoms with Crippen molar-refractivity contribution in [2.24, 2.45) is 0 Å². The summed E-state index contributed by atoms with van der Waals surface area (Å²) in [5.41, 5.74) is 5.48. The van der Waals surface area contributed by atoms with Crippen LogP contribution in [0.25, 0.3) is 33.5 Å². The molecule has 158 valence electrons. The highest BCUT2D eigenvalue weighted by atomic mass is 35.5. The van der Waals surface area contributed by atoms with Gasteiger partial charge in [-0.05, 0) is 30.0 Å². The lowest BCUT2D eigenvalue weighted by molar-refractivity contribution is -0.0142. The number of aliphatic hydroxyl groups is 1. The van der Waals surface area contributed by atoms with E-state index >= 15 is 0 Å². The normalized spacial score (nSPS) is 19.0. The van der Waals surface area contributed by atoms with Gasteiger partial charge >= 0.3 is 0 Å². The molecule has 1 aliphatic heterocycles. The minimum atomic E-state index is -0.0381. The van der Waals surface area contributed by atoms with Crippen LogP contribution in [-0.4, -0.2) is 44.6 Å². The van der Waals surface area contributed by atoms with E-state index in [1.807, 2.05) is 36.4 Å². The SMILES string of the molecule is OCC1CCC(Sc2nc3nc(-c4ccc(-c5ccccc5)cc4)c(Cl)cc3[nH]2)CO1. The summed E-state index contributed by atoms with van der Waals surface area (Å²) < 4.78 is 5.67. The third-order valence-electron chi connectivity index (χ3n) is 5.48. The molecule has 1 saturated heterocycles. The second kappa shape index (κ2) is 9.01. The molecule has 0 aliphatic carbocycles. The average Bonchev–Trinajstić information content (AvgIpc) is 3.20. The minimum Gasteiger partial charge on any atom is -0.394 e. The number of pyridine rings is 1. The molecule has 2 N–H and O–H groups in total. The summed E-state index contributed by atoms with van der Waals surface area (Å²) in [6, 6.07) is 20.4. The number of benzene rings is 2. The molecule has 0 spiro atoms. The van der Waals surface area contributed by atoms with Gasteiger partial charge < -0.3 is 14.8 Å². The van der Waals surface area contributed by atoms with Crippen molar-refractivity contribution in [1.82, 2.24) is 15.0 Å². The Kier molecular flexibility index (Phi) is 5.96. The van der Waals surface area contributed by atoms with Gasteiger partial charge in [0, 0.05) is 10.8 Å². The molecule has 5 rings (SSSR count). The van der Waals surface area contributed by atoms with Gasteiger partial charge in [-0.15, -0.1) is 0 Å². The molecule has 3 heterocycles. The fourth-order valence-electron chi connectivity index (χ4n) is 3.78. The van der Waals surface area contributed by atoms with Crippen LogP contribution >= 0.6 is 23.4 Å². The van der Waals surface area contributed by atoms with Gasteiger partial charge in [0.25, 0.3) is 0 Å². The Bertz CT molecular complexity index is 1170. The number of hydrogen-bond acceptors (Lipinski definition) is 5. The van der Waals surface area contributed by atoms with Gasteiger partial charge in [-0.3, -0.25) is 0 Å². The van der Waals surface area contributed by atoms with Crippen molar-refractivity contribution in [1.29, 1.82) is 0 Å². The zero-order valence-electron chi connectivity index (χ0n) is 16.8. The fraction of sp³-hybridized carbons (Fsp3) is 0.250. The molecular formula is C24H22ClN3O2S. The number of nitrogens with one attached hydrogen (secondary N) is 1. The van der Waals surface area contributed by atoms with E-state index in [-0.39, 0.29) is 12.7 Å². The smallest absolute Gasteiger partial charge is 0.179 e. The first kappa shape index (κ1) is 20.5. The Balaban J connectivity index is 1.37. The lowest BCUT2D eigenvalue weighted by atomic mass is 10.0. The number of fused-ring (bicyclic) bond motifs is 1. The number of imidazole rings is 1. The third-order valence-corrected chi connectivity index (χ3v) is 6.89. The Morgan fingerprint density at radius 3 is 2.45 bits per heavy atom. The lowest BCUT2D eigenvalue weighted by Crippen LogP contribution is -2.29. The van der Waals surface area contributed by atoms with E-state index in [4.69, 9.17) is 21.3 Å². The number of nitrogens with zero attached hydrogens (tertiary/aromatic N) is 2. The monoisotopic (exact) mass is 451 g/mol. The zero-order valence-corrected chi connectivity index (χ0v) is 18.4. The summed E-state index contributed by atoms with van der Waals surface area (Å²) in [4.78, 5) is 12.7. The van der Waals surface area contributed by atoms with E-state index in [1.165, 1.54) is 5.56 Å². The number of H-pyrrole nitrogens is 1. The van der Waals surface area contributed by atoms with Crippen LogP contribution < -0.4 is 0 Å². The van der Waals surface area contributed by atoms with E-state index < -0.39 is 0 Å². The van der Waals surface area contributed by atoms with Crippen molar-refractivity contribution in [3.63, 3.8) is 0 Å². The molecular weight excluding hydrogens is 430 g/mol. The van der Waals surface area contributed by atoms with Crippen LogP contribution in [0, 0.1) is 0 Å². The van der Waals surface area contributed by atoms with Crippen LogP contribution in [0.4, 0.5) is 0 Å². The second-order valence-electron chi connectivity index (χ2n) is 7.63. The third kappa shape index (κ3) is 4.48. The van der Waals surface area contributed by atoms with E-state index in [2.05, 4.69) is 34.2 Å². The van der Waals surface area contributed by atoms with Gasteiger partial charge in [0.2, 0.25) is 0 Å². The van der Waals surface area contributed by atoms with Gasteiger partial charge in [0.15, 0.2) is 10.8 Å². The molecule has 0 bridgehead atoms. The van der Waals surface area contributed by atoms with E-state index in [0.29, 0.717) is 22.5 Å². The summed E-state index contributed by atoms with van der Waals surface area (Å²) in [5, 5.41) is 10.9. The number of aromatic nitrogens is 3. The molecule has 2 aromatic carbocycles. The van der Waals surface area contributed by atoms with E-state index in [1.54, 1.807) is 11.8 Å². The predicted octanol–water partition coefficient (Wildman–Crippen LogP) is 5.58. The lowest BCUT2D eigenvalue weighted by Gasteiger charge is -2.26. The summed E-state index contributed by atoms with van der Waals surface area (Å²) in [5.74, 6) is 0. The van der Waals surface area contributed by atoms with Gasteiger partial charge in [-0.25, -0.2) is 9.97 Å². The van der Waals surface area contributed by atoms with Crippen molar-refractivity contribution in [2.75, 3.05) is 13.2 Å². The molecule has 2 atom stereocenters. The van der Waals surface area contributed by atoms with Gasteiger partial charge in [-0.2, -0.15) is 0 Å². The summed E-state index contributed by atoms with van der Waals surface area (Å²) >= 11 is 8.22. The summed E-state index contributed by atoms with van der Waals surface area (Å²) in [6.45, 7) is 0.694. The van der Waals surface area contributed by atoms with Crippen molar-refractivity contribution in [3.05, 3.63) is 65.7 Å². The summed E-state index contributed by atoms with van der Waals surface area (Å²) in [6.07, 6.45) is 1.81. The van der Waals surface area contributed by atoms with Gasteiger partial charge in [0.05, 0.1) is 35.6 Å². The Labute approximate surface area is 189 Å². The molecule has 1 aliphatic rings. The molecule has 0 radical (unpaired) electrons. The molecule has 7 heteroatoms. The first-order valence-corrected chi connectivity index (χ1v) is 11.6. The van der Waals surface area contributed by atoms with E-state index in [0.717, 1.165) is 40.3 Å². The number of rotatable bonds is 5. The second-order valence-corrected chi connectivity index (χ2v) is 9.33. The number of aromatic amines is 1. The van der Waals surface area contributed by atoms with Crippen molar-refractivity contribution < 1.29 is 9.84 Å². The number of hydrogen-bond donors (Lipinski definition) is 2. The maximum absolute atomic E-state index is 9.21. The number of ether oxygens (including phenoxy) is 1. The van der Waals surface area contributed by atoms with Crippen molar-refractivity contribution >= 4 is 34.5 Å². The van der Waals surface area contributed by atoms with Crippen LogP contribution in [0.3, 0.4) is 0 Å². The number of thioether (sulfide) groups is 1.